The first-order valence-corrected chi connectivity index (χ1v) is 6.50. The van der Waals surface area contributed by atoms with Crippen LogP contribution in [0.15, 0.2) is 18.2 Å². The van der Waals surface area contributed by atoms with E-state index < -0.39 is 17.5 Å². The summed E-state index contributed by atoms with van der Waals surface area (Å²) in [7, 11) is 0. The number of nitrogens with one attached hydrogen (secondary N) is 2. The van der Waals surface area contributed by atoms with Crippen molar-refractivity contribution in [3.63, 3.8) is 0 Å². The third-order valence-corrected chi connectivity index (χ3v) is 2.62. The molecule has 1 aromatic carbocycles. The fourth-order valence-electron chi connectivity index (χ4n) is 1.64. The zero-order valence-corrected chi connectivity index (χ0v) is 11.8. The summed E-state index contributed by atoms with van der Waals surface area (Å²) in [6.07, 6.45) is -0.600. The summed E-state index contributed by atoms with van der Waals surface area (Å²) in [6.45, 7) is 6.74. The molecule has 2 N–H and O–H groups in total. The Morgan fingerprint density at radius 3 is 2.65 bits per heavy atom. The van der Waals surface area contributed by atoms with E-state index in [1.807, 2.05) is 0 Å². The van der Waals surface area contributed by atoms with Crippen LogP contribution < -0.4 is 15.4 Å². The van der Waals surface area contributed by atoms with E-state index in [4.69, 9.17) is 9.47 Å². The van der Waals surface area contributed by atoms with Crippen LogP contribution in [0.5, 0.6) is 5.75 Å². The highest BCUT2D eigenvalue weighted by Crippen LogP contribution is 2.27. The van der Waals surface area contributed by atoms with Gasteiger partial charge in [-0.3, -0.25) is 5.32 Å². The lowest BCUT2D eigenvalue weighted by Crippen LogP contribution is -2.50. The average molecular weight is 282 g/mol. The Morgan fingerprint density at radius 1 is 1.40 bits per heavy atom. The SMILES string of the molecule is CC(C)(C)OC(=O)Nc1ccc(F)cc1OC1CNC1. The Bertz CT molecular complexity index is 496. The molecule has 0 atom stereocenters. The quantitative estimate of drug-likeness (QED) is 0.894. The molecule has 0 aliphatic carbocycles. The minimum atomic E-state index is -0.597. The number of ether oxygens (including phenoxy) is 2. The summed E-state index contributed by atoms with van der Waals surface area (Å²) in [5.41, 5.74) is -0.198. The van der Waals surface area contributed by atoms with E-state index in [0.29, 0.717) is 24.5 Å². The van der Waals surface area contributed by atoms with Gasteiger partial charge in [0.15, 0.2) is 0 Å². The Labute approximate surface area is 117 Å². The molecular formula is C14H19FN2O3. The molecule has 0 aromatic heterocycles. The van der Waals surface area contributed by atoms with Crippen molar-refractivity contribution in [2.45, 2.75) is 32.5 Å². The van der Waals surface area contributed by atoms with Gasteiger partial charge in [-0.1, -0.05) is 0 Å². The summed E-state index contributed by atoms with van der Waals surface area (Å²) >= 11 is 0. The first-order valence-electron chi connectivity index (χ1n) is 6.50. The minimum absolute atomic E-state index is 0.00372. The molecule has 0 spiro atoms. The second-order valence-corrected chi connectivity index (χ2v) is 5.67. The largest absolute Gasteiger partial charge is 0.485 e. The second kappa shape index (κ2) is 5.66. The number of anilines is 1. The van der Waals surface area contributed by atoms with E-state index >= 15 is 0 Å². The monoisotopic (exact) mass is 282 g/mol. The molecular weight excluding hydrogens is 263 g/mol. The van der Waals surface area contributed by atoms with E-state index in [1.54, 1.807) is 20.8 Å². The molecule has 0 saturated carbocycles. The Balaban J connectivity index is 2.07. The number of halogens is 1. The van der Waals surface area contributed by atoms with Gasteiger partial charge in [0, 0.05) is 19.2 Å². The predicted molar refractivity (Wildman–Crippen MR) is 73.5 cm³/mol. The van der Waals surface area contributed by atoms with Crippen LogP contribution in [0.1, 0.15) is 20.8 Å². The lowest BCUT2D eigenvalue weighted by Gasteiger charge is -2.29. The van der Waals surface area contributed by atoms with Crippen molar-refractivity contribution in [3.8, 4) is 5.75 Å². The molecule has 1 heterocycles. The molecule has 1 saturated heterocycles. The van der Waals surface area contributed by atoms with Gasteiger partial charge in [0.1, 0.15) is 23.3 Å². The van der Waals surface area contributed by atoms with Crippen molar-refractivity contribution in [1.29, 1.82) is 0 Å². The number of amides is 1. The lowest BCUT2D eigenvalue weighted by atomic mass is 10.2. The molecule has 0 unspecified atom stereocenters. The van der Waals surface area contributed by atoms with Gasteiger partial charge in [-0.25, -0.2) is 9.18 Å². The number of hydrogen-bond donors (Lipinski definition) is 2. The number of hydrogen-bond acceptors (Lipinski definition) is 4. The minimum Gasteiger partial charge on any atom is -0.485 e. The van der Waals surface area contributed by atoms with Crippen LogP contribution in [0.3, 0.4) is 0 Å². The van der Waals surface area contributed by atoms with Crippen LogP contribution in [0.4, 0.5) is 14.9 Å². The molecule has 0 bridgehead atoms. The van der Waals surface area contributed by atoms with Gasteiger partial charge in [-0.05, 0) is 32.9 Å². The van der Waals surface area contributed by atoms with Gasteiger partial charge in [0.25, 0.3) is 0 Å². The highest BCUT2D eigenvalue weighted by molar-refractivity contribution is 5.86. The first-order chi connectivity index (χ1) is 9.33. The summed E-state index contributed by atoms with van der Waals surface area (Å²) < 4.78 is 24.1. The van der Waals surface area contributed by atoms with Gasteiger partial charge in [-0.2, -0.15) is 0 Å². The molecule has 1 amide bonds. The smallest absolute Gasteiger partial charge is 0.412 e. The fourth-order valence-corrected chi connectivity index (χ4v) is 1.64. The summed E-state index contributed by atoms with van der Waals surface area (Å²) in [5.74, 6) is -0.107. The maximum absolute atomic E-state index is 13.3. The van der Waals surface area contributed by atoms with Gasteiger partial charge in [-0.15, -0.1) is 0 Å². The highest BCUT2D eigenvalue weighted by Gasteiger charge is 2.22. The molecule has 6 heteroatoms. The molecule has 2 rings (SSSR count). The fraction of sp³-hybridized carbons (Fsp3) is 0.500. The van der Waals surface area contributed by atoms with Crippen molar-refractivity contribution in [2.24, 2.45) is 0 Å². The van der Waals surface area contributed by atoms with Gasteiger partial charge in [0.05, 0.1) is 5.69 Å². The average Bonchev–Trinajstić information content (AvgIpc) is 2.24. The first kappa shape index (κ1) is 14.6. The van der Waals surface area contributed by atoms with E-state index in [0.717, 1.165) is 0 Å². The topological polar surface area (TPSA) is 59.6 Å². The van der Waals surface area contributed by atoms with Gasteiger partial charge in [0.2, 0.25) is 0 Å². The molecule has 1 aliphatic rings. The maximum atomic E-state index is 13.3. The van der Waals surface area contributed by atoms with Crippen LogP contribution in [0.25, 0.3) is 0 Å². The molecule has 1 aromatic rings. The van der Waals surface area contributed by atoms with Crippen LogP contribution in [-0.2, 0) is 4.74 Å². The maximum Gasteiger partial charge on any atom is 0.412 e. The standard InChI is InChI=1S/C14H19FN2O3/c1-14(2,3)20-13(18)17-11-5-4-9(15)6-12(11)19-10-7-16-8-10/h4-6,10,16H,7-8H2,1-3H3,(H,17,18). The van der Waals surface area contributed by atoms with Crippen molar-refractivity contribution in [3.05, 3.63) is 24.0 Å². The van der Waals surface area contributed by atoms with Crippen molar-refractivity contribution in [2.75, 3.05) is 18.4 Å². The molecule has 0 radical (unpaired) electrons. The normalized spacial score (nSPS) is 15.4. The lowest BCUT2D eigenvalue weighted by molar-refractivity contribution is 0.0634. The summed E-state index contributed by atoms with van der Waals surface area (Å²) in [4.78, 5) is 11.7. The molecule has 5 nitrogen and oxygen atoms in total. The van der Waals surface area contributed by atoms with Crippen molar-refractivity contribution in [1.82, 2.24) is 5.32 Å². The molecule has 1 aliphatic heterocycles. The second-order valence-electron chi connectivity index (χ2n) is 5.67. The van der Waals surface area contributed by atoms with E-state index in [9.17, 15) is 9.18 Å². The Morgan fingerprint density at radius 2 is 2.10 bits per heavy atom. The number of carbonyl (C=O) groups excluding carboxylic acids is 1. The highest BCUT2D eigenvalue weighted by atomic mass is 19.1. The van der Waals surface area contributed by atoms with Crippen LogP contribution in [-0.4, -0.2) is 30.9 Å². The number of rotatable bonds is 3. The Hall–Kier alpha value is -1.82. The predicted octanol–water partition coefficient (Wildman–Crippen LogP) is 2.52. The van der Waals surface area contributed by atoms with E-state index in [-0.39, 0.29) is 6.10 Å². The summed E-state index contributed by atoms with van der Waals surface area (Å²) in [6, 6.07) is 3.98. The van der Waals surface area contributed by atoms with Gasteiger partial charge >= 0.3 is 6.09 Å². The third-order valence-electron chi connectivity index (χ3n) is 2.62. The molecule has 20 heavy (non-hydrogen) atoms. The van der Waals surface area contributed by atoms with E-state index in [2.05, 4.69) is 10.6 Å². The Kier molecular flexibility index (Phi) is 4.13. The van der Waals surface area contributed by atoms with Crippen LogP contribution >= 0.6 is 0 Å². The van der Waals surface area contributed by atoms with Crippen molar-refractivity contribution >= 4 is 11.8 Å². The van der Waals surface area contributed by atoms with E-state index in [1.165, 1.54) is 18.2 Å². The number of benzene rings is 1. The van der Waals surface area contributed by atoms with Crippen LogP contribution in [0, 0.1) is 5.82 Å². The number of carbonyl (C=O) groups is 1. The third kappa shape index (κ3) is 4.09. The van der Waals surface area contributed by atoms with Gasteiger partial charge < -0.3 is 14.8 Å². The summed E-state index contributed by atoms with van der Waals surface area (Å²) in [5, 5.41) is 5.63. The van der Waals surface area contributed by atoms with Crippen molar-refractivity contribution < 1.29 is 18.7 Å². The molecule has 110 valence electrons. The zero-order valence-electron chi connectivity index (χ0n) is 11.8. The molecule has 1 fully saturated rings. The van der Waals surface area contributed by atoms with Crippen LogP contribution in [0.2, 0.25) is 0 Å². The zero-order chi connectivity index (χ0) is 14.8.